The molecule has 1 aromatic carbocycles. The summed E-state index contributed by atoms with van der Waals surface area (Å²) < 4.78 is 0. The second kappa shape index (κ2) is 7.42. The Hall–Kier alpha value is -1.02. The number of nitrogens with zero attached hydrogens (tertiary/aromatic N) is 1. The predicted octanol–water partition coefficient (Wildman–Crippen LogP) is 5.24. The highest BCUT2D eigenvalue weighted by Crippen LogP contribution is 2.25. The molecule has 0 aliphatic carbocycles. The smallest absolute Gasteiger partial charge is 0.0997 e. The molecular weight excluding hydrogens is 238 g/mol. The molecule has 0 radical (unpaired) electrons. The lowest BCUT2D eigenvalue weighted by atomic mass is 10.1. The van der Waals surface area contributed by atoms with Crippen LogP contribution in [-0.2, 0) is 6.42 Å². The molecule has 0 saturated carbocycles. The Kier molecular flexibility index (Phi) is 6.20. The lowest BCUT2D eigenvalue weighted by Crippen LogP contribution is -1.93. The van der Waals surface area contributed by atoms with Crippen LogP contribution in [0.2, 0.25) is 0 Å². The van der Waals surface area contributed by atoms with E-state index in [0.717, 1.165) is 11.9 Å². The van der Waals surface area contributed by atoms with E-state index >= 15 is 0 Å². The van der Waals surface area contributed by atoms with Crippen molar-refractivity contribution in [3.8, 4) is 0 Å². The molecule has 0 unspecified atom stereocenters. The number of benzene rings is 1. The first-order valence-electron chi connectivity index (χ1n) is 6.69. The fourth-order valence-electron chi connectivity index (χ4n) is 2.00. The average Bonchev–Trinajstić information content (AvgIpc) is 2.41. The summed E-state index contributed by atoms with van der Waals surface area (Å²) in [6.07, 6.45) is 4.39. The van der Waals surface area contributed by atoms with Crippen molar-refractivity contribution < 1.29 is 0 Å². The number of thioether (sulfide) groups is 1. The van der Waals surface area contributed by atoms with Gasteiger partial charge in [-0.2, -0.15) is 0 Å². The molecule has 0 aliphatic heterocycles. The Bertz CT molecular complexity index is 506. The highest BCUT2D eigenvalue weighted by atomic mass is 32.2. The Morgan fingerprint density at radius 2 is 1.94 bits per heavy atom. The van der Waals surface area contributed by atoms with Crippen LogP contribution < -0.4 is 0 Å². The maximum Gasteiger partial charge on any atom is 0.0997 e. The number of para-hydroxylation sites is 1. The molecule has 0 fully saturated rings. The van der Waals surface area contributed by atoms with Gasteiger partial charge in [-0.1, -0.05) is 45.4 Å². The summed E-state index contributed by atoms with van der Waals surface area (Å²) in [5, 5.41) is 2.45. The van der Waals surface area contributed by atoms with Crippen molar-refractivity contribution in [3.63, 3.8) is 0 Å². The summed E-state index contributed by atoms with van der Waals surface area (Å²) in [5.41, 5.74) is 3.79. The number of aryl methyl sites for hydroxylation is 2. The standard InChI is InChI=1S/C14H17NS.C2H6/c1-4-6-12-9-11-8-5-7-10(2)13(11)15-14(12)16-3;1-2/h5,7-9H,4,6H2,1-3H3;1-2H3. The third-order valence-electron chi connectivity index (χ3n) is 2.80. The zero-order chi connectivity index (χ0) is 13.5. The number of rotatable bonds is 3. The molecule has 2 rings (SSSR count). The van der Waals surface area contributed by atoms with E-state index < -0.39 is 0 Å². The molecule has 0 N–H and O–H groups in total. The van der Waals surface area contributed by atoms with Crippen molar-refractivity contribution in [2.24, 2.45) is 0 Å². The van der Waals surface area contributed by atoms with E-state index in [0.29, 0.717) is 0 Å². The van der Waals surface area contributed by atoms with E-state index in [4.69, 9.17) is 4.98 Å². The van der Waals surface area contributed by atoms with E-state index in [1.165, 1.54) is 28.0 Å². The van der Waals surface area contributed by atoms with Gasteiger partial charge in [0.2, 0.25) is 0 Å². The van der Waals surface area contributed by atoms with Gasteiger partial charge in [-0.15, -0.1) is 11.8 Å². The second-order valence-electron chi connectivity index (χ2n) is 4.05. The third kappa shape index (κ3) is 3.26. The number of pyridine rings is 1. The zero-order valence-electron chi connectivity index (χ0n) is 12.1. The van der Waals surface area contributed by atoms with E-state index in [-0.39, 0.29) is 0 Å². The lowest BCUT2D eigenvalue weighted by Gasteiger charge is -2.09. The molecule has 0 aliphatic rings. The fraction of sp³-hybridized carbons (Fsp3) is 0.438. The molecule has 1 aromatic heterocycles. The average molecular weight is 261 g/mol. The maximum atomic E-state index is 4.77. The SMILES string of the molecule is CC.CCCc1cc2cccc(C)c2nc1SC. The monoisotopic (exact) mass is 261 g/mol. The molecule has 1 nitrogen and oxygen atoms in total. The normalized spacial score (nSPS) is 10.1. The Balaban J connectivity index is 0.000000771. The van der Waals surface area contributed by atoms with Crippen LogP contribution in [0, 0.1) is 6.92 Å². The molecule has 0 bridgehead atoms. The minimum atomic E-state index is 1.12. The van der Waals surface area contributed by atoms with Crippen LogP contribution >= 0.6 is 11.8 Å². The van der Waals surface area contributed by atoms with Crippen LogP contribution in [0.3, 0.4) is 0 Å². The molecule has 18 heavy (non-hydrogen) atoms. The van der Waals surface area contributed by atoms with Crippen LogP contribution in [0.4, 0.5) is 0 Å². The van der Waals surface area contributed by atoms with Crippen LogP contribution in [-0.4, -0.2) is 11.2 Å². The van der Waals surface area contributed by atoms with Crippen LogP contribution in [0.25, 0.3) is 10.9 Å². The van der Waals surface area contributed by atoms with Gasteiger partial charge in [-0.05, 0) is 36.8 Å². The van der Waals surface area contributed by atoms with Crippen molar-refractivity contribution in [3.05, 3.63) is 35.4 Å². The Morgan fingerprint density at radius 3 is 2.56 bits per heavy atom. The van der Waals surface area contributed by atoms with Crippen molar-refractivity contribution in [2.45, 2.75) is 45.6 Å². The van der Waals surface area contributed by atoms with Gasteiger partial charge < -0.3 is 0 Å². The molecule has 2 aromatic rings. The zero-order valence-corrected chi connectivity index (χ0v) is 12.9. The number of fused-ring (bicyclic) bond motifs is 1. The third-order valence-corrected chi connectivity index (χ3v) is 3.54. The van der Waals surface area contributed by atoms with Crippen molar-refractivity contribution in [2.75, 3.05) is 6.26 Å². The van der Waals surface area contributed by atoms with Gasteiger partial charge in [0.1, 0.15) is 0 Å². The van der Waals surface area contributed by atoms with Crippen LogP contribution in [0.15, 0.2) is 29.3 Å². The van der Waals surface area contributed by atoms with Gasteiger partial charge in [0, 0.05) is 5.39 Å². The maximum absolute atomic E-state index is 4.77. The lowest BCUT2D eigenvalue weighted by molar-refractivity contribution is 0.883. The summed E-state index contributed by atoms with van der Waals surface area (Å²) in [4.78, 5) is 4.77. The highest BCUT2D eigenvalue weighted by molar-refractivity contribution is 7.98. The molecule has 0 saturated heterocycles. The molecule has 98 valence electrons. The minimum absolute atomic E-state index is 1.12. The van der Waals surface area contributed by atoms with Gasteiger partial charge in [-0.3, -0.25) is 0 Å². The quantitative estimate of drug-likeness (QED) is 0.700. The summed E-state index contributed by atoms with van der Waals surface area (Å²) >= 11 is 1.75. The minimum Gasteiger partial charge on any atom is -0.241 e. The van der Waals surface area contributed by atoms with Crippen LogP contribution in [0.1, 0.15) is 38.3 Å². The van der Waals surface area contributed by atoms with Crippen molar-refractivity contribution >= 4 is 22.7 Å². The van der Waals surface area contributed by atoms with E-state index in [1.54, 1.807) is 11.8 Å². The number of hydrogen-bond donors (Lipinski definition) is 0. The van der Waals surface area contributed by atoms with Crippen molar-refractivity contribution in [1.82, 2.24) is 4.98 Å². The first-order chi connectivity index (χ1) is 8.76. The fourth-order valence-corrected chi connectivity index (χ4v) is 2.60. The molecule has 0 atom stereocenters. The number of hydrogen-bond acceptors (Lipinski definition) is 2. The first kappa shape index (κ1) is 15.0. The molecule has 0 spiro atoms. The van der Waals surface area contributed by atoms with Gasteiger partial charge in [0.15, 0.2) is 0 Å². The molecule has 2 heteroatoms. The van der Waals surface area contributed by atoms with Gasteiger partial charge in [0.25, 0.3) is 0 Å². The Labute approximate surface area is 115 Å². The van der Waals surface area contributed by atoms with Gasteiger partial charge >= 0.3 is 0 Å². The van der Waals surface area contributed by atoms with Crippen LogP contribution in [0.5, 0.6) is 0 Å². The van der Waals surface area contributed by atoms with E-state index in [2.05, 4.69) is 44.4 Å². The summed E-state index contributed by atoms with van der Waals surface area (Å²) in [7, 11) is 0. The highest BCUT2D eigenvalue weighted by Gasteiger charge is 2.06. The predicted molar refractivity (Wildman–Crippen MR) is 83.6 cm³/mol. The first-order valence-corrected chi connectivity index (χ1v) is 7.92. The second-order valence-corrected chi connectivity index (χ2v) is 4.85. The molecule has 1 heterocycles. The molecular formula is C16H23NS. The topological polar surface area (TPSA) is 12.9 Å². The Morgan fingerprint density at radius 1 is 1.22 bits per heavy atom. The molecule has 0 amide bonds. The largest absolute Gasteiger partial charge is 0.241 e. The summed E-state index contributed by atoms with van der Waals surface area (Å²) in [5.74, 6) is 0. The van der Waals surface area contributed by atoms with Crippen molar-refractivity contribution in [1.29, 1.82) is 0 Å². The number of aromatic nitrogens is 1. The van der Waals surface area contributed by atoms with E-state index in [9.17, 15) is 0 Å². The summed E-state index contributed by atoms with van der Waals surface area (Å²) in [6.45, 7) is 8.34. The van der Waals surface area contributed by atoms with Gasteiger partial charge in [-0.25, -0.2) is 4.98 Å². The van der Waals surface area contributed by atoms with Gasteiger partial charge in [0.05, 0.1) is 10.5 Å². The van der Waals surface area contributed by atoms with E-state index in [1.807, 2.05) is 13.8 Å². The summed E-state index contributed by atoms with van der Waals surface area (Å²) in [6, 6.07) is 8.68.